The summed E-state index contributed by atoms with van der Waals surface area (Å²) >= 11 is 0. The fourth-order valence-corrected chi connectivity index (χ4v) is 5.34. The second-order valence-corrected chi connectivity index (χ2v) is 10.2. The number of nitrogens with one attached hydrogen (secondary N) is 1. The number of aryl methyl sites for hydroxylation is 1. The zero-order valence-corrected chi connectivity index (χ0v) is 21.7. The zero-order chi connectivity index (χ0) is 24.3. The van der Waals surface area contributed by atoms with Crippen LogP contribution in [-0.2, 0) is 13.0 Å². The van der Waals surface area contributed by atoms with E-state index >= 15 is 0 Å². The van der Waals surface area contributed by atoms with Gasteiger partial charge >= 0.3 is 0 Å². The number of rotatable bonds is 4. The molecule has 2 atom stereocenters. The Morgan fingerprint density at radius 3 is 2.41 bits per heavy atom. The first-order valence-electron chi connectivity index (χ1n) is 13.3. The van der Waals surface area contributed by atoms with Gasteiger partial charge in [0.2, 0.25) is 0 Å². The first kappa shape index (κ1) is 25.1. The zero-order valence-electron chi connectivity index (χ0n) is 21.7. The largest absolute Gasteiger partial charge is 0.316 e. The Morgan fingerprint density at radius 1 is 1.09 bits per heavy atom. The molecule has 1 unspecified atom stereocenters. The minimum Gasteiger partial charge on any atom is -0.316 e. The van der Waals surface area contributed by atoms with E-state index in [1.165, 1.54) is 52.9 Å². The molecule has 0 aromatic heterocycles. The van der Waals surface area contributed by atoms with Gasteiger partial charge in [0.05, 0.1) is 12.6 Å². The van der Waals surface area contributed by atoms with E-state index in [4.69, 9.17) is 0 Å². The molecule has 2 fully saturated rings. The maximum atomic E-state index is 14.8. The summed E-state index contributed by atoms with van der Waals surface area (Å²) in [6, 6.07) is 13.5. The van der Waals surface area contributed by atoms with Crippen molar-refractivity contribution in [2.75, 3.05) is 19.6 Å². The summed E-state index contributed by atoms with van der Waals surface area (Å²) in [5.41, 5.74) is 7.01. The van der Waals surface area contributed by atoms with Crippen LogP contribution >= 0.6 is 0 Å². The molecule has 2 aromatic carbocycles. The van der Waals surface area contributed by atoms with Gasteiger partial charge in [-0.2, -0.15) is 0 Å². The first-order chi connectivity index (χ1) is 16.5. The summed E-state index contributed by atoms with van der Waals surface area (Å²) in [5.74, 6) is 1.00. The normalized spacial score (nSPS) is 24.1. The summed E-state index contributed by atoms with van der Waals surface area (Å²) in [4.78, 5) is 6.90. The molecule has 1 saturated heterocycles. The predicted octanol–water partition coefficient (Wildman–Crippen LogP) is 6.41. The lowest BCUT2D eigenvalue weighted by Crippen LogP contribution is -2.46. The van der Waals surface area contributed by atoms with Crippen LogP contribution < -0.4 is 5.32 Å². The third-order valence-corrected chi connectivity index (χ3v) is 7.84. The highest BCUT2D eigenvalue weighted by molar-refractivity contribution is 5.87. The molecular weight excluding hydrogens is 421 g/mol. The van der Waals surface area contributed by atoms with Gasteiger partial charge in [-0.15, -0.1) is 0 Å². The highest BCUT2D eigenvalue weighted by Crippen LogP contribution is 2.47. The lowest BCUT2D eigenvalue weighted by molar-refractivity contribution is 0.0979. The number of aliphatic imine (C=N–C) groups is 1. The molecule has 1 aliphatic carbocycles. The van der Waals surface area contributed by atoms with Crippen molar-refractivity contribution in [3.63, 3.8) is 0 Å². The molecule has 4 aliphatic rings. The summed E-state index contributed by atoms with van der Waals surface area (Å²) < 4.78 is 14.8. The molecule has 0 amide bonds. The molecule has 1 saturated carbocycles. The van der Waals surface area contributed by atoms with Gasteiger partial charge in [0.1, 0.15) is 5.67 Å². The lowest BCUT2D eigenvalue weighted by Gasteiger charge is -2.44. The Balaban J connectivity index is 0.000000296. The van der Waals surface area contributed by atoms with E-state index in [0.717, 1.165) is 18.9 Å². The molecule has 0 radical (unpaired) electrons. The molecule has 4 heteroatoms. The highest BCUT2D eigenvalue weighted by atomic mass is 19.1. The summed E-state index contributed by atoms with van der Waals surface area (Å²) in [6.45, 7) is 14.5. The summed E-state index contributed by atoms with van der Waals surface area (Å²) in [7, 11) is 0. The van der Waals surface area contributed by atoms with E-state index in [9.17, 15) is 4.39 Å². The van der Waals surface area contributed by atoms with Gasteiger partial charge in [-0.1, -0.05) is 63.6 Å². The van der Waals surface area contributed by atoms with Crippen molar-refractivity contribution in [1.82, 2.24) is 10.2 Å². The molecule has 1 N–H and O–H groups in total. The smallest absolute Gasteiger partial charge is 0.124 e. The molecule has 184 valence electrons. The third-order valence-electron chi connectivity index (χ3n) is 7.84. The van der Waals surface area contributed by atoms with Gasteiger partial charge in [0.15, 0.2) is 0 Å². The van der Waals surface area contributed by atoms with Crippen molar-refractivity contribution >= 4 is 6.21 Å². The predicted molar refractivity (Wildman–Crippen MR) is 142 cm³/mol. The summed E-state index contributed by atoms with van der Waals surface area (Å²) in [6.07, 6.45) is 5.79. The van der Waals surface area contributed by atoms with Crippen molar-refractivity contribution in [3.05, 3.63) is 69.8 Å². The molecule has 2 aromatic rings. The van der Waals surface area contributed by atoms with Gasteiger partial charge in [-0.05, 0) is 79.9 Å². The van der Waals surface area contributed by atoms with Crippen LogP contribution in [0.4, 0.5) is 4.39 Å². The van der Waals surface area contributed by atoms with E-state index in [0.29, 0.717) is 25.4 Å². The second kappa shape index (κ2) is 10.7. The van der Waals surface area contributed by atoms with Crippen molar-refractivity contribution in [1.29, 1.82) is 0 Å². The van der Waals surface area contributed by atoms with Crippen LogP contribution in [0.3, 0.4) is 0 Å². The first-order valence-corrected chi connectivity index (χ1v) is 13.3. The minimum atomic E-state index is -0.981. The van der Waals surface area contributed by atoms with E-state index in [2.05, 4.69) is 72.4 Å². The van der Waals surface area contributed by atoms with Crippen LogP contribution in [0.1, 0.15) is 86.4 Å². The molecule has 3 aliphatic heterocycles. The van der Waals surface area contributed by atoms with E-state index in [1.807, 2.05) is 20.1 Å². The van der Waals surface area contributed by atoms with Gasteiger partial charge in [0, 0.05) is 24.4 Å². The van der Waals surface area contributed by atoms with Gasteiger partial charge in [-0.25, -0.2) is 4.39 Å². The number of halogens is 1. The molecule has 0 bridgehead atoms. The summed E-state index contributed by atoms with van der Waals surface area (Å²) in [5, 5.41) is 3.21. The number of nitrogens with zero attached hydrogens (tertiary/aromatic N) is 2. The number of hydrogen-bond acceptors (Lipinski definition) is 3. The van der Waals surface area contributed by atoms with E-state index < -0.39 is 5.67 Å². The monoisotopic (exact) mass is 463 g/mol. The van der Waals surface area contributed by atoms with Crippen molar-refractivity contribution in [2.24, 2.45) is 10.9 Å². The van der Waals surface area contributed by atoms with Gasteiger partial charge in [0.25, 0.3) is 0 Å². The van der Waals surface area contributed by atoms with E-state index in [1.54, 1.807) is 0 Å². The Labute approximate surface area is 205 Å². The van der Waals surface area contributed by atoms with Crippen LogP contribution in [0.2, 0.25) is 0 Å². The maximum Gasteiger partial charge on any atom is 0.124 e. The fraction of sp³-hybridized carbons (Fsp3) is 0.567. The molecule has 34 heavy (non-hydrogen) atoms. The second-order valence-electron chi connectivity index (χ2n) is 10.2. The molecule has 3 nitrogen and oxygen atoms in total. The SMILES string of the molecule is CC.CCC1CNC1.Cc1ccccc1C1c2ccc3c(c2C[C@@H](C)N1CC1(F)CC1)C=NC3. The highest BCUT2D eigenvalue weighted by Gasteiger charge is 2.48. The number of alkyl halides is 1. The minimum absolute atomic E-state index is 0.127. The number of hydrogen-bond donors (Lipinski definition) is 1. The van der Waals surface area contributed by atoms with Crippen molar-refractivity contribution in [3.8, 4) is 0 Å². The van der Waals surface area contributed by atoms with Crippen LogP contribution in [0, 0.1) is 12.8 Å². The van der Waals surface area contributed by atoms with E-state index in [-0.39, 0.29) is 6.04 Å². The topological polar surface area (TPSA) is 27.6 Å². The van der Waals surface area contributed by atoms with Crippen LogP contribution in [0.15, 0.2) is 41.4 Å². The van der Waals surface area contributed by atoms with Gasteiger partial charge < -0.3 is 5.32 Å². The molecule has 0 spiro atoms. The Bertz CT molecular complexity index is 1000. The molecule has 6 rings (SSSR count). The molecule has 3 heterocycles. The Hall–Kier alpha value is -2.04. The Kier molecular flexibility index (Phi) is 7.89. The Morgan fingerprint density at radius 2 is 1.82 bits per heavy atom. The number of benzene rings is 2. The van der Waals surface area contributed by atoms with Crippen LogP contribution in [0.25, 0.3) is 0 Å². The molecular formula is C30H42FN3. The van der Waals surface area contributed by atoms with Crippen LogP contribution in [0.5, 0.6) is 0 Å². The van der Waals surface area contributed by atoms with Crippen LogP contribution in [-0.4, -0.2) is 42.5 Å². The quantitative estimate of drug-likeness (QED) is 0.567. The average molecular weight is 464 g/mol. The van der Waals surface area contributed by atoms with Gasteiger partial charge in [-0.3, -0.25) is 9.89 Å². The standard InChI is InChI=1S/C23H25FN2.C5H11N.C2H6/c1-15-5-3-4-6-18(15)22-19-8-7-17-12-25-13-21(17)20(19)11-16(2)26(22)14-23(24)9-10-23;1-2-5-3-6-4-5;1-2/h3-8,13,16,22H,9-12,14H2,1-2H3;5-6H,2-4H2,1H3;1-2H3/t16-,22?;;/m1../s1. The average Bonchev–Trinajstić information content (AvgIpc) is 3.33. The maximum absolute atomic E-state index is 14.8. The van der Waals surface area contributed by atoms with Crippen molar-refractivity contribution in [2.45, 2.75) is 84.6 Å². The van der Waals surface area contributed by atoms with Crippen molar-refractivity contribution < 1.29 is 4.39 Å². The lowest BCUT2D eigenvalue weighted by atomic mass is 9.80. The number of fused-ring (bicyclic) bond motifs is 3. The third kappa shape index (κ3) is 5.13. The fourth-order valence-electron chi connectivity index (χ4n) is 5.34.